The van der Waals surface area contributed by atoms with Crippen molar-refractivity contribution in [1.82, 2.24) is 24.9 Å². The lowest BCUT2D eigenvalue weighted by Crippen LogP contribution is -2.42. The Kier molecular flexibility index (Phi) is 5.44. The number of alkyl halides is 1. The van der Waals surface area contributed by atoms with E-state index in [4.69, 9.17) is 0 Å². The summed E-state index contributed by atoms with van der Waals surface area (Å²) in [5, 5.41) is 22.2. The molecule has 3 aromatic rings. The van der Waals surface area contributed by atoms with Gasteiger partial charge in [0.1, 0.15) is 12.0 Å². The molecule has 3 aromatic heterocycles. The summed E-state index contributed by atoms with van der Waals surface area (Å²) in [6.07, 6.45) is 4.34. The Morgan fingerprint density at radius 3 is 2.90 bits per heavy atom. The molecule has 1 fully saturated rings. The van der Waals surface area contributed by atoms with Crippen LogP contribution in [-0.2, 0) is 0 Å². The molecule has 11 heteroatoms. The summed E-state index contributed by atoms with van der Waals surface area (Å²) in [5.74, 6) is -0.883. The highest BCUT2D eigenvalue weighted by Crippen LogP contribution is 2.29. The standard InChI is InChI=1S/C20H23F2N7O2/c1-20(2,31)15(22)9-24-19(30)12-8-23-16(7-14(12)26-11-3-4-11)27-18-13(21)10-29-17(28-18)5-6-25-29/h5-8,10-11,15,31H,3-4,9H2,1-2H3,(H,24,30)(H2,23,26,27,28). The number of fused-ring (bicyclic) bond motifs is 1. The molecule has 0 saturated heterocycles. The largest absolute Gasteiger partial charge is 0.387 e. The molecule has 3 heterocycles. The van der Waals surface area contributed by atoms with Crippen LogP contribution in [0.25, 0.3) is 5.65 Å². The number of pyridine rings is 1. The zero-order valence-corrected chi connectivity index (χ0v) is 17.1. The van der Waals surface area contributed by atoms with Crippen molar-refractivity contribution < 1.29 is 18.7 Å². The quantitative estimate of drug-likeness (QED) is 0.433. The third-order valence-electron chi connectivity index (χ3n) is 4.88. The van der Waals surface area contributed by atoms with Gasteiger partial charge in [-0.1, -0.05) is 0 Å². The number of rotatable bonds is 8. The fourth-order valence-electron chi connectivity index (χ4n) is 2.84. The Bertz CT molecular complexity index is 1110. The Morgan fingerprint density at radius 2 is 2.19 bits per heavy atom. The van der Waals surface area contributed by atoms with E-state index in [0.717, 1.165) is 12.8 Å². The van der Waals surface area contributed by atoms with Gasteiger partial charge in [0.15, 0.2) is 17.3 Å². The molecular formula is C20H23F2N7O2. The molecule has 0 aromatic carbocycles. The van der Waals surface area contributed by atoms with Crippen molar-refractivity contribution in [1.29, 1.82) is 0 Å². The van der Waals surface area contributed by atoms with Crippen LogP contribution in [-0.4, -0.2) is 55.0 Å². The van der Waals surface area contributed by atoms with Crippen molar-refractivity contribution in [2.45, 2.75) is 44.5 Å². The molecule has 31 heavy (non-hydrogen) atoms. The summed E-state index contributed by atoms with van der Waals surface area (Å²) >= 11 is 0. The molecule has 1 aliphatic rings. The van der Waals surface area contributed by atoms with E-state index in [1.165, 1.54) is 37.0 Å². The van der Waals surface area contributed by atoms with Gasteiger partial charge in [-0.25, -0.2) is 23.3 Å². The van der Waals surface area contributed by atoms with Crippen LogP contribution in [0.3, 0.4) is 0 Å². The second-order valence-electron chi connectivity index (χ2n) is 8.06. The van der Waals surface area contributed by atoms with Crippen molar-refractivity contribution in [2.75, 3.05) is 17.2 Å². The maximum Gasteiger partial charge on any atom is 0.255 e. The predicted molar refractivity (Wildman–Crippen MR) is 111 cm³/mol. The topological polar surface area (TPSA) is 116 Å². The Morgan fingerprint density at radius 1 is 1.42 bits per heavy atom. The van der Waals surface area contributed by atoms with Crippen molar-refractivity contribution in [2.24, 2.45) is 0 Å². The van der Waals surface area contributed by atoms with Crippen molar-refractivity contribution in [3.05, 3.63) is 42.1 Å². The number of hydrogen-bond acceptors (Lipinski definition) is 7. The van der Waals surface area contributed by atoms with E-state index in [1.807, 2.05) is 0 Å². The maximum atomic E-state index is 14.3. The summed E-state index contributed by atoms with van der Waals surface area (Å²) in [5.41, 5.74) is -0.395. The molecule has 4 N–H and O–H groups in total. The average molecular weight is 431 g/mol. The average Bonchev–Trinajstić information content (AvgIpc) is 3.41. The van der Waals surface area contributed by atoms with Crippen LogP contribution in [0.15, 0.2) is 30.7 Å². The highest BCUT2D eigenvalue weighted by molar-refractivity contribution is 6.00. The molecule has 9 nitrogen and oxygen atoms in total. The number of nitrogens with zero attached hydrogens (tertiary/aromatic N) is 4. The summed E-state index contributed by atoms with van der Waals surface area (Å²) in [6, 6.07) is 3.44. The second-order valence-corrected chi connectivity index (χ2v) is 8.06. The zero-order valence-electron chi connectivity index (χ0n) is 17.1. The molecule has 164 valence electrons. The molecule has 0 spiro atoms. The minimum atomic E-state index is -1.63. The molecular weight excluding hydrogens is 408 g/mol. The lowest BCUT2D eigenvalue weighted by Gasteiger charge is -2.22. The number of carbonyl (C=O) groups excluding carboxylic acids is 1. The van der Waals surface area contributed by atoms with Gasteiger partial charge in [-0.2, -0.15) is 5.10 Å². The highest BCUT2D eigenvalue weighted by atomic mass is 19.1. The molecule has 0 aliphatic heterocycles. The van der Waals surface area contributed by atoms with Gasteiger partial charge in [-0.3, -0.25) is 4.79 Å². The van der Waals surface area contributed by atoms with Crippen LogP contribution in [0.1, 0.15) is 37.0 Å². The van der Waals surface area contributed by atoms with Crippen LogP contribution in [0.5, 0.6) is 0 Å². The number of anilines is 3. The van der Waals surface area contributed by atoms with E-state index in [9.17, 15) is 18.7 Å². The van der Waals surface area contributed by atoms with Gasteiger partial charge in [0.2, 0.25) is 0 Å². The van der Waals surface area contributed by atoms with E-state index in [1.54, 1.807) is 12.1 Å². The van der Waals surface area contributed by atoms with Crippen LogP contribution in [0, 0.1) is 5.82 Å². The Labute approximate surface area is 176 Å². The molecule has 1 saturated carbocycles. The van der Waals surface area contributed by atoms with E-state index >= 15 is 0 Å². The van der Waals surface area contributed by atoms with Gasteiger partial charge < -0.3 is 21.1 Å². The molecule has 1 amide bonds. The second kappa shape index (κ2) is 8.06. The number of aliphatic hydroxyl groups is 1. The van der Waals surface area contributed by atoms with Crippen LogP contribution in [0.4, 0.5) is 26.1 Å². The number of carbonyl (C=O) groups is 1. The monoisotopic (exact) mass is 431 g/mol. The lowest BCUT2D eigenvalue weighted by atomic mass is 10.0. The molecule has 0 radical (unpaired) electrons. The van der Waals surface area contributed by atoms with Gasteiger partial charge in [0.25, 0.3) is 5.91 Å². The first-order valence-corrected chi connectivity index (χ1v) is 9.89. The predicted octanol–water partition coefficient (Wildman–Crippen LogP) is 2.42. The minimum absolute atomic E-state index is 0.0273. The van der Waals surface area contributed by atoms with E-state index in [-0.39, 0.29) is 29.8 Å². The minimum Gasteiger partial charge on any atom is -0.387 e. The third-order valence-corrected chi connectivity index (χ3v) is 4.88. The normalized spacial score (nSPS) is 15.0. The molecule has 0 bridgehead atoms. The van der Waals surface area contributed by atoms with Crippen molar-refractivity contribution in [3.8, 4) is 0 Å². The van der Waals surface area contributed by atoms with E-state index in [0.29, 0.717) is 11.3 Å². The number of hydrogen-bond donors (Lipinski definition) is 4. The zero-order chi connectivity index (χ0) is 22.2. The summed E-state index contributed by atoms with van der Waals surface area (Å²) in [4.78, 5) is 21.0. The summed E-state index contributed by atoms with van der Waals surface area (Å²) in [7, 11) is 0. The van der Waals surface area contributed by atoms with Crippen molar-refractivity contribution >= 4 is 28.9 Å². The fourth-order valence-corrected chi connectivity index (χ4v) is 2.84. The number of amides is 1. The Balaban J connectivity index is 1.55. The van der Waals surface area contributed by atoms with Crippen LogP contribution < -0.4 is 16.0 Å². The SMILES string of the molecule is CC(C)(O)C(F)CNC(=O)c1cnc(Nc2nc3ccnn3cc2F)cc1NC1CC1. The first-order valence-electron chi connectivity index (χ1n) is 9.89. The highest BCUT2D eigenvalue weighted by Gasteiger charge is 2.28. The number of aromatic nitrogens is 4. The van der Waals surface area contributed by atoms with E-state index < -0.39 is 23.5 Å². The van der Waals surface area contributed by atoms with Gasteiger partial charge >= 0.3 is 0 Å². The number of halogens is 2. The maximum absolute atomic E-state index is 14.3. The molecule has 1 atom stereocenters. The smallest absolute Gasteiger partial charge is 0.255 e. The molecule has 1 unspecified atom stereocenters. The van der Waals surface area contributed by atoms with Gasteiger partial charge in [-0.15, -0.1) is 0 Å². The first kappa shape index (κ1) is 20.9. The van der Waals surface area contributed by atoms with Gasteiger partial charge in [0, 0.05) is 24.4 Å². The van der Waals surface area contributed by atoms with E-state index in [2.05, 4.69) is 31.0 Å². The fraction of sp³-hybridized carbons (Fsp3) is 0.400. The van der Waals surface area contributed by atoms with Gasteiger partial charge in [-0.05, 0) is 26.7 Å². The summed E-state index contributed by atoms with van der Waals surface area (Å²) < 4.78 is 29.6. The summed E-state index contributed by atoms with van der Waals surface area (Å²) in [6.45, 7) is 2.33. The molecule has 4 rings (SSSR count). The lowest BCUT2D eigenvalue weighted by molar-refractivity contribution is -0.00177. The first-order chi connectivity index (χ1) is 14.7. The third kappa shape index (κ3) is 4.88. The van der Waals surface area contributed by atoms with Crippen LogP contribution in [0.2, 0.25) is 0 Å². The molecule has 1 aliphatic carbocycles. The van der Waals surface area contributed by atoms with Crippen LogP contribution >= 0.6 is 0 Å². The number of nitrogens with one attached hydrogen (secondary N) is 3. The van der Waals surface area contributed by atoms with Gasteiger partial charge in [0.05, 0.1) is 35.8 Å². The Hall–Kier alpha value is -3.34. The van der Waals surface area contributed by atoms with Crippen molar-refractivity contribution in [3.63, 3.8) is 0 Å².